The highest BCUT2D eigenvalue weighted by Gasteiger charge is 2.20. The largest absolute Gasteiger partial charge is 0.335 e. The maximum absolute atomic E-state index is 11.9. The van der Waals surface area contributed by atoms with Crippen molar-refractivity contribution in [1.82, 2.24) is 9.55 Å². The van der Waals surface area contributed by atoms with Crippen molar-refractivity contribution in [2.75, 3.05) is 0 Å². The Morgan fingerprint density at radius 1 is 1.56 bits per heavy atom. The molecule has 16 heavy (non-hydrogen) atoms. The van der Waals surface area contributed by atoms with Crippen LogP contribution in [-0.2, 0) is 17.8 Å². The predicted molar refractivity (Wildman–Crippen MR) is 64.0 cm³/mol. The Labute approximate surface area is 96.9 Å². The van der Waals surface area contributed by atoms with E-state index >= 15 is 0 Å². The number of aryl methyl sites for hydroxylation is 1. The van der Waals surface area contributed by atoms with Crippen LogP contribution in [0.25, 0.3) is 0 Å². The highest BCUT2D eigenvalue weighted by atomic mass is 16.1. The fraction of sp³-hybridized carbons (Fsp3) is 0.667. The highest BCUT2D eigenvalue weighted by molar-refractivity contribution is 5.85. The van der Waals surface area contributed by atoms with Crippen molar-refractivity contribution >= 4 is 5.78 Å². The summed E-state index contributed by atoms with van der Waals surface area (Å²) in [5.74, 6) is 1.12. The molecule has 0 saturated carbocycles. The van der Waals surface area contributed by atoms with Crippen LogP contribution in [0.15, 0.2) is 12.4 Å². The van der Waals surface area contributed by atoms with Crippen LogP contribution in [0.1, 0.15) is 33.0 Å². The minimum absolute atomic E-state index is 0.0789. The van der Waals surface area contributed by atoms with Gasteiger partial charge in [0.2, 0.25) is 0 Å². The number of rotatable bonds is 6. The number of carbonyl (C=O) groups excluding carboxylic acids is 1. The maximum atomic E-state index is 11.9. The van der Waals surface area contributed by atoms with E-state index in [-0.39, 0.29) is 17.7 Å². The second-order valence-electron chi connectivity index (χ2n) is 4.18. The summed E-state index contributed by atoms with van der Waals surface area (Å²) in [6.07, 6.45) is 4.87. The summed E-state index contributed by atoms with van der Waals surface area (Å²) in [6.45, 7) is 6.92. The molecule has 0 aliphatic carbocycles. The molecule has 0 aromatic carbocycles. The summed E-state index contributed by atoms with van der Waals surface area (Å²) >= 11 is 0. The van der Waals surface area contributed by atoms with Crippen molar-refractivity contribution in [3.8, 4) is 0 Å². The Hall–Kier alpha value is -1.16. The van der Waals surface area contributed by atoms with E-state index in [1.54, 1.807) is 6.20 Å². The Kier molecular flexibility index (Phi) is 4.68. The van der Waals surface area contributed by atoms with Crippen LogP contribution in [0, 0.1) is 5.92 Å². The van der Waals surface area contributed by atoms with Gasteiger partial charge in [-0.3, -0.25) is 4.79 Å². The number of imidazole rings is 1. The predicted octanol–water partition coefficient (Wildman–Crippen LogP) is 1.39. The SMILES string of the molecule is CCC(C)C(N)C(=O)Cc1nccn1CC. The first-order valence-corrected chi connectivity index (χ1v) is 5.88. The summed E-state index contributed by atoms with van der Waals surface area (Å²) < 4.78 is 1.97. The van der Waals surface area contributed by atoms with Gasteiger partial charge in [-0.25, -0.2) is 4.98 Å². The molecule has 2 atom stereocenters. The van der Waals surface area contributed by atoms with Gasteiger partial charge in [0.1, 0.15) is 5.82 Å². The lowest BCUT2D eigenvalue weighted by atomic mass is 9.95. The fourth-order valence-electron chi connectivity index (χ4n) is 1.64. The average molecular weight is 223 g/mol. The third-order valence-electron chi connectivity index (χ3n) is 3.10. The number of hydrogen-bond donors (Lipinski definition) is 1. The van der Waals surface area contributed by atoms with Crippen LogP contribution in [0.5, 0.6) is 0 Å². The molecule has 0 fully saturated rings. The minimum atomic E-state index is -0.369. The van der Waals surface area contributed by atoms with Crippen molar-refractivity contribution < 1.29 is 4.79 Å². The van der Waals surface area contributed by atoms with Crippen molar-refractivity contribution in [2.45, 2.75) is 46.2 Å². The molecular formula is C12H21N3O. The maximum Gasteiger partial charge on any atom is 0.157 e. The molecule has 1 aromatic heterocycles. The Balaban J connectivity index is 2.64. The zero-order valence-electron chi connectivity index (χ0n) is 10.3. The van der Waals surface area contributed by atoms with Gasteiger partial charge in [-0.2, -0.15) is 0 Å². The first-order chi connectivity index (χ1) is 7.60. The average Bonchev–Trinajstić information content (AvgIpc) is 2.74. The molecular weight excluding hydrogens is 202 g/mol. The van der Waals surface area contributed by atoms with Gasteiger partial charge in [0.25, 0.3) is 0 Å². The normalized spacial score (nSPS) is 14.8. The molecule has 90 valence electrons. The quantitative estimate of drug-likeness (QED) is 0.792. The Morgan fingerprint density at radius 3 is 2.81 bits per heavy atom. The number of Topliss-reactive ketones (excluding diaryl/α,β-unsaturated/α-hetero) is 1. The van der Waals surface area contributed by atoms with Gasteiger partial charge in [0.15, 0.2) is 5.78 Å². The second-order valence-corrected chi connectivity index (χ2v) is 4.18. The van der Waals surface area contributed by atoms with Crippen LogP contribution in [-0.4, -0.2) is 21.4 Å². The standard InChI is InChI=1S/C12H21N3O/c1-4-9(3)12(13)10(16)8-11-14-6-7-15(11)5-2/h6-7,9,12H,4-5,8,13H2,1-3H3. The van der Waals surface area contributed by atoms with Gasteiger partial charge in [-0.1, -0.05) is 20.3 Å². The summed E-state index contributed by atoms with van der Waals surface area (Å²) in [7, 11) is 0. The zero-order valence-corrected chi connectivity index (χ0v) is 10.3. The number of nitrogens with zero attached hydrogens (tertiary/aromatic N) is 2. The molecule has 2 unspecified atom stereocenters. The van der Waals surface area contributed by atoms with E-state index < -0.39 is 0 Å². The summed E-state index contributed by atoms with van der Waals surface area (Å²) in [5, 5.41) is 0. The van der Waals surface area contributed by atoms with Crippen LogP contribution in [0.2, 0.25) is 0 Å². The summed E-state index contributed by atoms with van der Waals surface area (Å²) in [5.41, 5.74) is 5.89. The minimum Gasteiger partial charge on any atom is -0.335 e. The first-order valence-electron chi connectivity index (χ1n) is 5.88. The van der Waals surface area contributed by atoms with Crippen LogP contribution >= 0.6 is 0 Å². The molecule has 4 nitrogen and oxygen atoms in total. The molecule has 0 spiro atoms. The number of nitrogens with two attached hydrogens (primary N) is 1. The molecule has 1 rings (SSSR count). The molecule has 1 aromatic rings. The van der Waals surface area contributed by atoms with E-state index in [2.05, 4.69) is 4.98 Å². The topological polar surface area (TPSA) is 60.9 Å². The second kappa shape index (κ2) is 5.80. The zero-order chi connectivity index (χ0) is 12.1. The van der Waals surface area contributed by atoms with E-state index in [4.69, 9.17) is 5.73 Å². The van der Waals surface area contributed by atoms with Crippen LogP contribution < -0.4 is 5.73 Å². The van der Waals surface area contributed by atoms with E-state index in [0.29, 0.717) is 6.42 Å². The molecule has 0 aliphatic rings. The third-order valence-corrected chi connectivity index (χ3v) is 3.10. The fourth-order valence-corrected chi connectivity index (χ4v) is 1.64. The molecule has 0 radical (unpaired) electrons. The molecule has 0 amide bonds. The van der Waals surface area contributed by atoms with Crippen LogP contribution in [0.4, 0.5) is 0 Å². The molecule has 0 aliphatic heterocycles. The van der Waals surface area contributed by atoms with Crippen molar-refractivity contribution in [3.63, 3.8) is 0 Å². The van der Waals surface area contributed by atoms with Gasteiger partial charge in [0.05, 0.1) is 12.5 Å². The Bertz CT molecular complexity index is 346. The van der Waals surface area contributed by atoms with Crippen molar-refractivity contribution in [2.24, 2.45) is 11.7 Å². The first kappa shape index (κ1) is 12.9. The van der Waals surface area contributed by atoms with Gasteiger partial charge in [0, 0.05) is 18.9 Å². The molecule has 0 saturated heterocycles. The van der Waals surface area contributed by atoms with Gasteiger partial charge < -0.3 is 10.3 Å². The van der Waals surface area contributed by atoms with Crippen molar-refractivity contribution in [1.29, 1.82) is 0 Å². The molecule has 4 heteroatoms. The third kappa shape index (κ3) is 2.92. The molecule has 2 N–H and O–H groups in total. The lowest BCUT2D eigenvalue weighted by molar-refractivity contribution is -0.120. The van der Waals surface area contributed by atoms with Crippen molar-refractivity contribution in [3.05, 3.63) is 18.2 Å². The van der Waals surface area contributed by atoms with E-state index in [1.165, 1.54) is 0 Å². The summed E-state index contributed by atoms with van der Waals surface area (Å²) in [4.78, 5) is 16.1. The monoisotopic (exact) mass is 223 g/mol. The number of carbonyl (C=O) groups is 1. The van der Waals surface area contributed by atoms with E-state index in [0.717, 1.165) is 18.8 Å². The number of aromatic nitrogens is 2. The molecule has 1 heterocycles. The molecule has 0 bridgehead atoms. The summed E-state index contributed by atoms with van der Waals surface area (Å²) in [6, 6.07) is -0.369. The van der Waals surface area contributed by atoms with Crippen LogP contribution in [0.3, 0.4) is 0 Å². The Morgan fingerprint density at radius 2 is 2.25 bits per heavy atom. The number of ketones is 1. The smallest absolute Gasteiger partial charge is 0.157 e. The van der Waals surface area contributed by atoms with Gasteiger partial charge in [-0.15, -0.1) is 0 Å². The highest BCUT2D eigenvalue weighted by Crippen LogP contribution is 2.09. The lowest BCUT2D eigenvalue weighted by Gasteiger charge is -2.16. The number of hydrogen-bond acceptors (Lipinski definition) is 3. The van der Waals surface area contributed by atoms with E-state index in [1.807, 2.05) is 31.5 Å². The van der Waals surface area contributed by atoms with Gasteiger partial charge in [-0.05, 0) is 12.8 Å². The van der Waals surface area contributed by atoms with Gasteiger partial charge >= 0.3 is 0 Å². The lowest BCUT2D eigenvalue weighted by Crippen LogP contribution is -2.38. The van der Waals surface area contributed by atoms with E-state index in [9.17, 15) is 4.79 Å².